The van der Waals surface area contributed by atoms with Crippen LogP contribution in [0.2, 0.25) is 0 Å². The van der Waals surface area contributed by atoms with Crippen LogP contribution < -0.4 is 5.32 Å². The third kappa shape index (κ3) is 3.99. The highest BCUT2D eigenvalue weighted by Gasteiger charge is 2.42. The van der Waals surface area contributed by atoms with Crippen LogP contribution in [0.4, 0.5) is 8.78 Å². The molecule has 8 heteroatoms. The molecular formula is C16H18F2N2O3S. The first-order valence-electron chi connectivity index (χ1n) is 7.73. The van der Waals surface area contributed by atoms with Gasteiger partial charge in [0.05, 0.1) is 17.7 Å². The van der Waals surface area contributed by atoms with Gasteiger partial charge >= 0.3 is 5.92 Å². The predicted molar refractivity (Wildman–Crippen MR) is 84.9 cm³/mol. The number of hydrogen-bond acceptors (Lipinski definition) is 5. The molecule has 0 saturated carbocycles. The van der Waals surface area contributed by atoms with E-state index in [2.05, 4.69) is 10.3 Å². The van der Waals surface area contributed by atoms with Gasteiger partial charge in [0.1, 0.15) is 11.5 Å². The Kier molecular flexibility index (Phi) is 4.96. The van der Waals surface area contributed by atoms with Crippen molar-refractivity contribution in [1.29, 1.82) is 0 Å². The van der Waals surface area contributed by atoms with E-state index in [1.54, 1.807) is 12.1 Å². The minimum absolute atomic E-state index is 0.0942. The number of amides is 1. The Labute approximate surface area is 142 Å². The van der Waals surface area contributed by atoms with E-state index in [0.717, 1.165) is 11.4 Å². The molecule has 0 aliphatic carbocycles. The second kappa shape index (κ2) is 6.98. The van der Waals surface area contributed by atoms with Crippen LogP contribution in [0.25, 0.3) is 11.5 Å². The van der Waals surface area contributed by atoms with Gasteiger partial charge in [0, 0.05) is 18.4 Å². The van der Waals surface area contributed by atoms with E-state index in [4.69, 9.17) is 9.15 Å². The number of ether oxygens (including phenoxy) is 1. The lowest BCUT2D eigenvalue weighted by molar-refractivity contribution is -0.150. The van der Waals surface area contributed by atoms with E-state index < -0.39 is 24.4 Å². The molecule has 1 fully saturated rings. The summed E-state index contributed by atoms with van der Waals surface area (Å²) in [6, 6.07) is 3.35. The Morgan fingerprint density at radius 3 is 3.00 bits per heavy atom. The van der Waals surface area contributed by atoms with Crippen LogP contribution in [0.15, 0.2) is 21.9 Å². The van der Waals surface area contributed by atoms with Crippen LogP contribution in [0.1, 0.15) is 30.0 Å². The van der Waals surface area contributed by atoms with Crippen LogP contribution in [0.5, 0.6) is 0 Å². The molecule has 24 heavy (non-hydrogen) atoms. The van der Waals surface area contributed by atoms with E-state index in [0.29, 0.717) is 30.2 Å². The molecule has 1 N–H and O–H groups in total. The molecule has 1 unspecified atom stereocenters. The lowest BCUT2D eigenvalue weighted by Gasteiger charge is -2.18. The SMILES string of the molecule is Cc1nc(-c2ccc(CNC(=O)C(F)(F)CC3CCCO3)o2)cs1. The van der Waals surface area contributed by atoms with Gasteiger partial charge in [-0.15, -0.1) is 11.3 Å². The van der Waals surface area contributed by atoms with Crippen molar-refractivity contribution >= 4 is 17.2 Å². The maximum atomic E-state index is 13.9. The largest absolute Gasteiger partial charge is 0.458 e. The fraction of sp³-hybridized carbons (Fsp3) is 0.500. The molecular weight excluding hydrogens is 338 g/mol. The molecule has 2 aromatic heterocycles. The van der Waals surface area contributed by atoms with Gasteiger partial charge in [-0.05, 0) is 31.9 Å². The van der Waals surface area contributed by atoms with Crippen LogP contribution in [0, 0.1) is 6.92 Å². The molecule has 2 aromatic rings. The summed E-state index contributed by atoms with van der Waals surface area (Å²) >= 11 is 1.49. The number of thiazole rings is 1. The molecule has 0 bridgehead atoms. The average Bonchev–Trinajstić information content (AvgIpc) is 3.25. The number of alkyl halides is 2. The molecule has 1 saturated heterocycles. The number of hydrogen-bond donors (Lipinski definition) is 1. The number of nitrogens with zero attached hydrogens (tertiary/aromatic N) is 1. The zero-order valence-corrected chi connectivity index (χ0v) is 14.0. The predicted octanol–water partition coefficient (Wildman–Crippen LogP) is 3.53. The number of carbonyl (C=O) groups excluding carboxylic acids is 1. The maximum Gasteiger partial charge on any atom is 0.327 e. The highest BCUT2D eigenvalue weighted by Crippen LogP contribution is 2.28. The minimum Gasteiger partial charge on any atom is -0.458 e. The monoisotopic (exact) mass is 356 g/mol. The Balaban J connectivity index is 1.55. The van der Waals surface area contributed by atoms with Crippen molar-refractivity contribution in [2.24, 2.45) is 0 Å². The molecule has 0 aromatic carbocycles. The van der Waals surface area contributed by atoms with Crippen molar-refractivity contribution in [3.8, 4) is 11.5 Å². The summed E-state index contributed by atoms with van der Waals surface area (Å²) in [7, 11) is 0. The minimum atomic E-state index is -3.45. The lowest BCUT2D eigenvalue weighted by Crippen LogP contribution is -2.41. The molecule has 1 atom stereocenters. The van der Waals surface area contributed by atoms with Crippen molar-refractivity contribution in [1.82, 2.24) is 10.3 Å². The van der Waals surface area contributed by atoms with Gasteiger partial charge in [-0.1, -0.05) is 0 Å². The molecule has 1 amide bonds. The Morgan fingerprint density at radius 2 is 2.33 bits per heavy atom. The smallest absolute Gasteiger partial charge is 0.327 e. The third-order valence-electron chi connectivity index (χ3n) is 3.80. The van der Waals surface area contributed by atoms with Crippen LogP contribution in [0.3, 0.4) is 0 Å². The summed E-state index contributed by atoms with van der Waals surface area (Å²) in [5.41, 5.74) is 0.693. The number of furan rings is 1. The second-order valence-corrected chi connectivity index (χ2v) is 6.81. The van der Waals surface area contributed by atoms with Gasteiger partial charge in [0.15, 0.2) is 5.76 Å². The number of aromatic nitrogens is 1. The number of rotatable bonds is 6. The number of nitrogens with one attached hydrogen (secondary N) is 1. The van der Waals surface area contributed by atoms with Gasteiger partial charge in [-0.25, -0.2) is 4.98 Å². The topological polar surface area (TPSA) is 64.4 Å². The maximum absolute atomic E-state index is 13.9. The zero-order chi connectivity index (χ0) is 17.2. The van der Waals surface area contributed by atoms with Crippen molar-refractivity contribution < 1.29 is 22.7 Å². The second-order valence-electron chi connectivity index (χ2n) is 5.74. The number of aryl methyl sites for hydroxylation is 1. The zero-order valence-electron chi connectivity index (χ0n) is 13.2. The van der Waals surface area contributed by atoms with E-state index in [-0.39, 0.29) is 6.54 Å². The van der Waals surface area contributed by atoms with Crippen LogP contribution in [-0.2, 0) is 16.1 Å². The summed E-state index contributed by atoms with van der Waals surface area (Å²) in [6.07, 6.45) is 0.194. The summed E-state index contributed by atoms with van der Waals surface area (Å²) in [5.74, 6) is -3.80. The summed E-state index contributed by atoms with van der Waals surface area (Å²) in [5, 5.41) is 4.99. The molecule has 130 valence electrons. The summed E-state index contributed by atoms with van der Waals surface area (Å²) in [4.78, 5) is 16.0. The average molecular weight is 356 g/mol. The third-order valence-corrected chi connectivity index (χ3v) is 4.57. The van der Waals surface area contributed by atoms with Crippen molar-refractivity contribution in [3.05, 3.63) is 28.3 Å². The molecule has 1 aliphatic heterocycles. The Hall–Kier alpha value is -1.80. The van der Waals surface area contributed by atoms with Gasteiger partial charge in [0.2, 0.25) is 0 Å². The highest BCUT2D eigenvalue weighted by atomic mass is 32.1. The Morgan fingerprint density at radius 1 is 1.50 bits per heavy atom. The fourth-order valence-corrected chi connectivity index (χ4v) is 3.17. The molecule has 5 nitrogen and oxygen atoms in total. The van der Waals surface area contributed by atoms with Crippen molar-refractivity contribution in [3.63, 3.8) is 0 Å². The van der Waals surface area contributed by atoms with Gasteiger partial charge in [-0.3, -0.25) is 4.79 Å². The van der Waals surface area contributed by atoms with Gasteiger partial charge in [-0.2, -0.15) is 8.78 Å². The molecule has 0 spiro atoms. The fourth-order valence-electron chi connectivity index (χ4n) is 2.57. The van der Waals surface area contributed by atoms with E-state index >= 15 is 0 Å². The molecule has 3 rings (SSSR count). The van der Waals surface area contributed by atoms with E-state index in [1.807, 2.05) is 12.3 Å². The Bertz CT molecular complexity index is 708. The van der Waals surface area contributed by atoms with E-state index in [1.165, 1.54) is 11.3 Å². The van der Waals surface area contributed by atoms with Crippen molar-refractivity contribution in [2.45, 2.75) is 44.8 Å². The quantitative estimate of drug-likeness (QED) is 0.860. The molecule has 1 aliphatic rings. The number of carbonyl (C=O) groups is 1. The number of halogens is 2. The van der Waals surface area contributed by atoms with Crippen LogP contribution >= 0.6 is 11.3 Å². The van der Waals surface area contributed by atoms with Crippen LogP contribution in [-0.4, -0.2) is 29.5 Å². The summed E-state index contributed by atoms with van der Waals surface area (Å²) < 4.78 is 38.5. The first kappa shape index (κ1) is 17.0. The standard InChI is InChI=1S/C16H18F2N2O3S/c1-10-20-13(9-24-10)14-5-4-12(23-14)8-19-15(21)16(17,18)7-11-3-2-6-22-11/h4-5,9,11H,2-3,6-8H2,1H3,(H,19,21). The lowest BCUT2D eigenvalue weighted by atomic mass is 10.1. The highest BCUT2D eigenvalue weighted by molar-refractivity contribution is 7.09. The first-order chi connectivity index (χ1) is 11.4. The first-order valence-corrected chi connectivity index (χ1v) is 8.61. The normalized spacial score (nSPS) is 18.0. The van der Waals surface area contributed by atoms with Crippen molar-refractivity contribution in [2.75, 3.05) is 6.61 Å². The van der Waals surface area contributed by atoms with Gasteiger partial charge in [0.25, 0.3) is 5.91 Å². The molecule has 0 radical (unpaired) electrons. The molecule has 3 heterocycles. The van der Waals surface area contributed by atoms with E-state index in [9.17, 15) is 13.6 Å². The van der Waals surface area contributed by atoms with Gasteiger partial charge < -0.3 is 14.5 Å². The summed E-state index contributed by atoms with van der Waals surface area (Å²) in [6.45, 7) is 2.27.